The molecule has 1 N–H and O–H groups in total. The molecule has 0 unspecified atom stereocenters. The van der Waals surface area contributed by atoms with E-state index in [9.17, 15) is 0 Å². The van der Waals surface area contributed by atoms with Gasteiger partial charge in [-0.3, -0.25) is 0 Å². The van der Waals surface area contributed by atoms with Gasteiger partial charge in [0.05, 0.1) is 26.3 Å². The van der Waals surface area contributed by atoms with Gasteiger partial charge in [-0.2, -0.15) is 0 Å². The zero-order chi connectivity index (χ0) is 19.0. The molecular formula is C20H23N5O2. The van der Waals surface area contributed by atoms with Crippen LogP contribution in [0.1, 0.15) is 40.8 Å². The molecule has 0 radical (unpaired) electrons. The van der Waals surface area contributed by atoms with Crippen LogP contribution in [0.25, 0.3) is 0 Å². The topological polar surface area (TPSA) is 74.1 Å². The molecule has 0 fully saturated rings. The maximum Gasteiger partial charge on any atom is 0.243 e. The molecule has 1 aromatic heterocycles. The molecule has 1 aliphatic heterocycles. The molecule has 140 valence electrons. The number of nitrogens with zero attached hydrogens (tertiary/aromatic N) is 4. The molecule has 7 heteroatoms. The second-order valence-corrected chi connectivity index (χ2v) is 6.85. The molecule has 2 atom stereocenters. The summed E-state index contributed by atoms with van der Waals surface area (Å²) in [5, 5.41) is 15.7. The number of hydrogen-bond acceptors (Lipinski definition) is 6. The predicted octanol–water partition coefficient (Wildman–Crippen LogP) is 3.45. The third kappa shape index (κ3) is 3.09. The number of aromatic nitrogens is 4. The highest BCUT2D eigenvalue weighted by Gasteiger charge is 2.32. The molecule has 0 aliphatic carbocycles. The van der Waals surface area contributed by atoms with Crippen LogP contribution in [-0.4, -0.2) is 34.4 Å². The average molecular weight is 365 g/mol. The normalized spacial score (nSPS) is 18.5. The van der Waals surface area contributed by atoms with Gasteiger partial charge in [0, 0.05) is 5.56 Å². The van der Waals surface area contributed by atoms with E-state index in [1.165, 1.54) is 16.7 Å². The van der Waals surface area contributed by atoms with Crippen molar-refractivity contribution in [1.29, 1.82) is 0 Å². The fraction of sp³-hybridized carbons (Fsp3) is 0.350. The molecule has 0 amide bonds. The first-order chi connectivity index (χ1) is 13.1. The molecule has 0 spiro atoms. The summed E-state index contributed by atoms with van der Waals surface area (Å²) in [4.78, 5) is 0. The number of benzene rings is 2. The molecule has 0 bridgehead atoms. The molecule has 3 aromatic rings. The third-order valence-electron chi connectivity index (χ3n) is 5.28. The Bertz CT molecular complexity index is 969. The number of aryl methyl sites for hydroxylation is 2. The highest BCUT2D eigenvalue weighted by molar-refractivity contribution is 5.46. The van der Waals surface area contributed by atoms with Gasteiger partial charge in [-0.1, -0.05) is 23.3 Å². The summed E-state index contributed by atoms with van der Waals surface area (Å²) >= 11 is 0. The van der Waals surface area contributed by atoms with E-state index < -0.39 is 0 Å². The van der Waals surface area contributed by atoms with Gasteiger partial charge in [0.1, 0.15) is 11.5 Å². The van der Waals surface area contributed by atoms with Crippen molar-refractivity contribution in [3.8, 4) is 11.5 Å². The van der Waals surface area contributed by atoms with E-state index in [0.717, 1.165) is 23.5 Å². The second-order valence-electron chi connectivity index (χ2n) is 6.85. The number of hydrogen-bond donors (Lipinski definition) is 1. The van der Waals surface area contributed by atoms with E-state index in [4.69, 9.17) is 9.47 Å². The van der Waals surface area contributed by atoms with E-state index >= 15 is 0 Å². The Morgan fingerprint density at radius 3 is 2.63 bits per heavy atom. The van der Waals surface area contributed by atoms with Gasteiger partial charge in [-0.25, -0.2) is 4.68 Å². The van der Waals surface area contributed by atoms with Gasteiger partial charge in [-0.05, 0) is 65.6 Å². The number of nitrogens with one attached hydrogen (secondary N) is 1. The van der Waals surface area contributed by atoms with Crippen LogP contribution in [0.2, 0.25) is 0 Å². The second kappa shape index (κ2) is 6.90. The van der Waals surface area contributed by atoms with E-state index in [2.05, 4.69) is 52.9 Å². The summed E-state index contributed by atoms with van der Waals surface area (Å²) in [6.45, 7) is 4.26. The van der Waals surface area contributed by atoms with Crippen LogP contribution >= 0.6 is 0 Å². The summed E-state index contributed by atoms with van der Waals surface area (Å²) in [6.07, 6.45) is 0.796. The quantitative estimate of drug-likeness (QED) is 0.763. The number of tetrazole rings is 1. The minimum atomic E-state index is -0.0621. The smallest absolute Gasteiger partial charge is 0.243 e. The van der Waals surface area contributed by atoms with Crippen LogP contribution in [0.3, 0.4) is 0 Å². The summed E-state index contributed by atoms with van der Waals surface area (Å²) in [5.74, 6) is 2.23. The van der Waals surface area contributed by atoms with E-state index in [0.29, 0.717) is 5.95 Å². The summed E-state index contributed by atoms with van der Waals surface area (Å²) in [6, 6.07) is 12.4. The van der Waals surface area contributed by atoms with Gasteiger partial charge in [-0.15, -0.1) is 0 Å². The molecule has 0 saturated heterocycles. The van der Waals surface area contributed by atoms with Crippen LogP contribution in [0.15, 0.2) is 36.4 Å². The van der Waals surface area contributed by atoms with E-state index in [-0.39, 0.29) is 12.1 Å². The maximum absolute atomic E-state index is 5.61. The molecule has 27 heavy (non-hydrogen) atoms. The largest absolute Gasteiger partial charge is 0.497 e. The van der Waals surface area contributed by atoms with Gasteiger partial charge in [0.15, 0.2) is 0 Å². The number of fused-ring (bicyclic) bond motifs is 1. The van der Waals surface area contributed by atoms with Crippen molar-refractivity contribution in [1.82, 2.24) is 20.2 Å². The van der Waals surface area contributed by atoms with Gasteiger partial charge in [0.2, 0.25) is 5.95 Å². The van der Waals surface area contributed by atoms with Gasteiger partial charge >= 0.3 is 0 Å². The van der Waals surface area contributed by atoms with Crippen LogP contribution < -0.4 is 14.8 Å². The van der Waals surface area contributed by atoms with Crippen LogP contribution in [0.4, 0.5) is 5.95 Å². The Hall–Kier alpha value is -3.09. The lowest BCUT2D eigenvalue weighted by Crippen LogP contribution is -2.28. The summed E-state index contributed by atoms with van der Waals surface area (Å²) < 4.78 is 12.8. The van der Waals surface area contributed by atoms with E-state index in [1.54, 1.807) is 14.2 Å². The van der Waals surface area contributed by atoms with Crippen molar-refractivity contribution in [2.24, 2.45) is 0 Å². The lowest BCUT2D eigenvalue weighted by atomic mass is 9.91. The molecular weight excluding hydrogens is 342 g/mol. The minimum Gasteiger partial charge on any atom is -0.497 e. The molecule has 7 nitrogen and oxygen atoms in total. The van der Waals surface area contributed by atoms with E-state index in [1.807, 2.05) is 22.9 Å². The Labute approximate surface area is 158 Å². The molecule has 2 heterocycles. The fourth-order valence-electron chi connectivity index (χ4n) is 3.60. The monoisotopic (exact) mass is 365 g/mol. The molecule has 0 saturated carbocycles. The molecule has 4 rings (SSSR count). The molecule has 1 aliphatic rings. The number of ether oxygens (including phenoxy) is 2. The third-order valence-corrected chi connectivity index (χ3v) is 5.28. The number of methoxy groups -OCH3 is 2. The predicted molar refractivity (Wildman–Crippen MR) is 102 cm³/mol. The number of rotatable bonds is 4. The maximum atomic E-state index is 5.61. The van der Waals surface area contributed by atoms with Crippen molar-refractivity contribution in [2.75, 3.05) is 19.5 Å². The van der Waals surface area contributed by atoms with Crippen molar-refractivity contribution < 1.29 is 9.47 Å². The van der Waals surface area contributed by atoms with Crippen LogP contribution in [0, 0.1) is 13.8 Å². The van der Waals surface area contributed by atoms with Gasteiger partial charge < -0.3 is 14.8 Å². The van der Waals surface area contributed by atoms with Crippen LogP contribution in [-0.2, 0) is 0 Å². The Morgan fingerprint density at radius 1 is 1.04 bits per heavy atom. The number of anilines is 1. The van der Waals surface area contributed by atoms with Crippen molar-refractivity contribution in [3.63, 3.8) is 0 Å². The lowest BCUT2D eigenvalue weighted by Gasteiger charge is -2.32. The SMILES string of the molecule is COc1ccc(OC)c([C@H]2C[C@@H](c3ccc(C)c(C)c3)Nc3nnnn32)c1. The minimum absolute atomic E-state index is 0.0621. The fourth-order valence-corrected chi connectivity index (χ4v) is 3.60. The average Bonchev–Trinajstić information content (AvgIpc) is 3.17. The first-order valence-electron chi connectivity index (χ1n) is 8.94. The van der Waals surface area contributed by atoms with Crippen molar-refractivity contribution in [3.05, 3.63) is 58.7 Å². The Balaban J connectivity index is 1.78. The zero-order valence-electron chi connectivity index (χ0n) is 15.9. The van der Waals surface area contributed by atoms with Crippen molar-refractivity contribution >= 4 is 5.95 Å². The van der Waals surface area contributed by atoms with Gasteiger partial charge in [0.25, 0.3) is 0 Å². The summed E-state index contributed by atoms with van der Waals surface area (Å²) in [5.41, 5.74) is 4.78. The highest BCUT2D eigenvalue weighted by Crippen LogP contribution is 2.41. The highest BCUT2D eigenvalue weighted by atomic mass is 16.5. The molecule has 2 aromatic carbocycles. The Kier molecular flexibility index (Phi) is 4.43. The first kappa shape index (κ1) is 17.3. The summed E-state index contributed by atoms with van der Waals surface area (Å²) in [7, 11) is 3.34. The Morgan fingerprint density at radius 2 is 1.89 bits per heavy atom. The standard InChI is InChI=1S/C20H23N5O2/c1-12-5-6-14(9-13(12)2)17-11-18(25-20(21-17)22-23-24-25)16-10-15(26-3)7-8-19(16)27-4/h5-10,17-18H,11H2,1-4H3,(H,21,22,24)/t17-,18+/m0/s1. The van der Waals surface area contributed by atoms with Crippen LogP contribution in [0.5, 0.6) is 11.5 Å². The van der Waals surface area contributed by atoms with Crippen molar-refractivity contribution in [2.45, 2.75) is 32.4 Å². The first-order valence-corrected chi connectivity index (χ1v) is 8.94. The zero-order valence-corrected chi connectivity index (χ0v) is 15.9. The lowest BCUT2D eigenvalue weighted by molar-refractivity contribution is 0.371.